The highest BCUT2D eigenvalue weighted by Crippen LogP contribution is 2.24. The minimum Gasteiger partial charge on any atom is -0.476 e. The molecule has 1 heterocycles. The van der Waals surface area contributed by atoms with Crippen molar-refractivity contribution in [1.29, 1.82) is 0 Å². The van der Waals surface area contributed by atoms with E-state index in [2.05, 4.69) is 23.8 Å². The van der Waals surface area contributed by atoms with Crippen LogP contribution in [0.4, 0.5) is 0 Å². The lowest BCUT2D eigenvalue weighted by Crippen LogP contribution is -2.08. The van der Waals surface area contributed by atoms with Crippen molar-refractivity contribution in [3.05, 3.63) is 17.7 Å². The first kappa shape index (κ1) is 15.0. The summed E-state index contributed by atoms with van der Waals surface area (Å²) in [6.45, 7) is 8.20. The highest BCUT2D eigenvalue weighted by Gasteiger charge is 2.15. The Morgan fingerprint density at radius 3 is 2.56 bits per heavy atom. The van der Waals surface area contributed by atoms with Crippen LogP contribution in [0, 0.1) is 5.92 Å². The summed E-state index contributed by atoms with van der Waals surface area (Å²) in [6.07, 6.45) is 2.69. The van der Waals surface area contributed by atoms with E-state index in [0.29, 0.717) is 16.6 Å². The molecule has 0 saturated heterocycles. The van der Waals surface area contributed by atoms with Crippen molar-refractivity contribution in [3.63, 3.8) is 0 Å². The standard InChI is InChI=1S/C13H20N2O2S/c1-8(2)5-6-18-10-7-14-12(9(3)4)15-11(10)13(16)17/h7-9H,5-6H2,1-4H3,(H,16,17). The molecule has 0 atom stereocenters. The van der Waals surface area contributed by atoms with Crippen molar-refractivity contribution in [1.82, 2.24) is 9.97 Å². The summed E-state index contributed by atoms with van der Waals surface area (Å²) in [5.74, 6) is 1.24. The molecule has 100 valence electrons. The molecule has 1 N–H and O–H groups in total. The lowest BCUT2D eigenvalue weighted by atomic mass is 10.2. The van der Waals surface area contributed by atoms with Gasteiger partial charge < -0.3 is 5.11 Å². The Labute approximate surface area is 112 Å². The lowest BCUT2D eigenvalue weighted by Gasteiger charge is -2.09. The van der Waals surface area contributed by atoms with Crippen molar-refractivity contribution >= 4 is 17.7 Å². The Balaban J connectivity index is 2.87. The molecule has 0 radical (unpaired) electrons. The average molecular weight is 268 g/mol. The van der Waals surface area contributed by atoms with Crippen molar-refractivity contribution in [2.24, 2.45) is 5.92 Å². The molecule has 5 heteroatoms. The topological polar surface area (TPSA) is 63.1 Å². The summed E-state index contributed by atoms with van der Waals surface area (Å²) >= 11 is 1.52. The van der Waals surface area contributed by atoms with Gasteiger partial charge in [-0.25, -0.2) is 14.8 Å². The molecule has 1 rings (SSSR count). The summed E-state index contributed by atoms with van der Waals surface area (Å²) in [6, 6.07) is 0. The molecule has 0 aliphatic heterocycles. The largest absolute Gasteiger partial charge is 0.476 e. The first-order valence-electron chi connectivity index (χ1n) is 6.14. The van der Waals surface area contributed by atoms with Crippen LogP contribution in [0.15, 0.2) is 11.1 Å². The van der Waals surface area contributed by atoms with Gasteiger partial charge >= 0.3 is 5.97 Å². The third-order valence-corrected chi connectivity index (χ3v) is 3.50. The predicted octanol–water partition coefficient (Wildman–Crippen LogP) is 3.44. The molecule has 1 aromatic heterocycles. The van der Waals surface area contributed by atoms with E-state index in [0.717, 1.165) is 12.2 Å². The van der Waals surface area contributed by atoms with Crippen LogP contribution in [0.25, 0.3) is 0 Å². The van der Waals surface area contributed by atoms with Crippen LogP contribution in [0.2, 0.25) is 0 Å². The van der Waals surface area contributed by atoms with Crippen molar-refractivity contribution in [2.45, 2.75) is 44.9 Å². The van der Waals surface area contributed by atoms with Gasteiger partial charge in [0.25, 0.3) is 0 Å². The summed E-state index contributed by atoms with van der Waals surface area (Å²) in [5, 5.41) is 9.18. The maximum atomic E-state index is 11.2. The maximum Gasteiger partial charge on any atom is 0.355 e. The Morgan fingerprint density at radius 1 is 1.39 bits per heavy atom. The fourth-order valence-corrected chi connectivity index (χ4v) is 2.53. The van der Waals surface area contributed by atoms with Crippen LogP contribution < -0.4 is 0 Å². The number of carbonyl (C=O) groups is 1. The van der Waals surface area contributed by atoms with E-state index in [4.69, 9.17) is 0 Å². The molecule has 0 fully saturated rings. The minimum absolute atomic E-state index is 0.127. The molecule has 0 unspecified atom stereocenters. The zero-order valence-corrected chi connectivity index (χ0v) is 12.1. The number of carboxylic acids is 1. The van der Waals surface area contributed by atoms with Crippen molar-refractivity contribution in [2.75, 3.05) is 5.75 Å². The first-order valence-corrected chi connectivity index (χ1v) is 7.13. The second kappa shape index (κ2) is 6.73. The van der Waals surface area contributed by atoms with E-state index >= 15 is 0 Å². The molecule has 0 aliphatic rings. The van der Waals surface area contributed by atoms with Gasteiger partial charge in [-0.3, -0.25) is 0 Å². The van der Waals surface area contributed by atoms with E-state index in [1.165, 1.54) is 11.8 Å². The van der Waals surface area contributed by atoms with Crippen LogP contribution in [-0.4, -0.2) is 26.8 Å². The number of hydrogen-bond donors (Lipinski definition) is 1. The van der Waals surface area contributed by atoms with E-state index in [1.54, 1.807) is 6.20 Å². The van der Waals surface area contributed by atoms with Crippen LogP contribution in [0.3, 0.4) is 0 Å². The molecule has 4 nitrogen and oxygen atoms in total. The van der Waals surface area contributed by atoms with Gasteiger partial charge in [0.15, 0.2) is 5.69 Å². The SMILES string of the molecule is CC(C)CCSc1cnc(C(C)C)nc1C(=O)O. The molecule has 0 bridgehead atoms. The molecular formula is C13H20N2O2S. The number of rotatable bonds is 6. The maximum absolute atomic E-state index is 11.2. The molecule has 18 heavy (non-hydrogen) atoms. The summed E-state index contributed by atoms with van der Waals surface area (Å²) in [4.78, 5) is 20.2. The fourth-order valence-electron chi connectivity index (χ4n) is 1.33. The summed E-state index contributed by atoms with van der Waals surface area (Å²) in [5.41, 5.74) is 0.127. The molecule has 0 aliphatic carbocycles. The molecule has 0 amide bonds. The number of aromatic nitrogens is 2. The predicted molar refractivity (Wildman–Crippen MR) is 73.3 cm³/mol. The Morgan fingerprint density at radius 2 is 2.06 bits per heavy atom. The third kappa shape index (κ3) is 4.29. The minimum atomic E-state index is -0.980. The van der Waals surface area contributed by atoms with E-state index < -0.39 is 5.97 Å². The van der Waals surface area contributed by atoms with Crippen molar-refractivity contribution < 1.29 is 9.90 Å². The molecular weight excluding hydrogens is 248 g/mol. The second-order valence-corrected chi connectivity index (χ2v) is 6.07. The van der Waals surface area contributed by atoms with E-state index in [-0.39, 0.29) is 11.6 Å². The second-order valence-electron chi connectivity index (χ2n) is 4.93. The first-order chi connectivity index (χ1) is 8.41. The normalized spacial score (nSPS) is 11.2. The third-order valence-electron chi connectivity index (χ3n) is 2.45. The van der Waals surface area contributed by atoms with E-state index in [9.17, 15) is 9.90 Å². The highest BCUT2D eigenvalue weighted by molar-refractivity contribution is 7.99. The fraction of sp³-hybridized carbons (Fsp3) is 0.615. The van der Waals surface area contributed by atoms with Gasteiger partial charge in [-0.1, -0.05) is 27.7 Å². The number of thioether (sulfide) groups is 1. The van der Waals surface area contributed by atoms with E-state index in [1.807, 2.05) is 13.8 Å². The number of nitrogens with zero attached hydrogens (tertiary/aromatic N) is 2. The monoisotopic (exact) mass is 268 g/mol. The smallest absolute Gasteiger partial charge is 0.355 e. The van der Waals surface area contributed by atoms with Gasteiger partial charge in [0.2, 0.25) is 0 Å². The number of hydrogen-bond acceptors (Lipinski definition) is 4. The molecule has 0 aromatic carbocycles. The van der Waals surface area contributed by atoms with Crippen LogP contribution in [0.1, 0.15) is 56.3 Å². The Hall–Kier alpha value is -1.10. The van der Waals surface area contributed by atoms with Crippen LogP contribution in [-0.2, 0) is 0 Å². The zero-order chi connectivity index (χ0) is 13.7. The number of carboxylic acid groups (broad SMARTS) is 1. The quantitative estimate of drug-likeness (QED) is 0.801. The average Bonchev–Trinajstić information content (AvgIpc) is 2.28. The lowest BCUT2D eigenvalue weighted by molar-refractivity contribution is 0.0685. The zero-order valence-electron chi connectivity index (χ0n) is 11.3. The van der Waals surface area contributed by atoms with Gasteiger partial charge in [-0.05, 0) is 18.1 Å². The van der Waals surface area contributed by atoms with Gasteiger partial charge in [0.1, 0.15) is 5.82 Å². The van der Waals surface area contributed by atoms with Crippen molar-refractivity contribution in [3.8, 4) is 0 Å². The van der Waals surface area contributed by atoms with Gasteiger partial charge in [0, 0.05) is 12.1 Å². The Kier molecular flexibility index (Phi) is 5.59. The molecule has 1 aromatic rings. The molecule has 0 spiro atoms. The van der Waals surface area contributed by atoms with Gasteiger partial charge in [-0.15, -0.1) is 11.8 Å². The summed E-state index contributed by atoms with van der Waals surface area (Å²) < 4.78 is 0. The van der Waals surface area contributed by atoms with Crippen LogP contribution in [0.5, 0.6) is 0 Å². The van der Waals surface area contributed by atoms with Gasteiger partial charge in [0.05, 0.1) is 4.90 Å². The van der Waals surface area contributed by atoms with Crippen LogP contribution >= 0.6 is 11.8 Å². The number of aromatic carboxylic acids is 1. The Bertz CT molecular complexity index is 419. The highest BCUT2D eigenvalue weighted by atomic mass is 32.2. The molecule has 0 saturated carbocycles. The summed E-state index contributed by atoms with van der Waals surface area (Å²) in [7, 11) is 0. The van der Waals surface area contributed by atoms with Gasteiger partial charge in [-0.2, -0.15) is 0 Å².